The van der Waals surface area contributed by atoms with Crippen LogP contribution in [0.4, 0.5) is 5.69 Å². The molecule has 2 N–H and O–H groups in total. The maximum Gasteiger partial charge on any atom is 0.302 e. The van der Waals surface area contributed by atoms with Crippen LogP contribution in [0, 0.1) is 0 Å². The van der Waals surface area contributed by atoms with Crippen molar-refractivity contribution in [3.63, 3.8) is 0 Å². The van der Waals surface area contributed by atoms with E-state index in [1.165, 1.54) is 14.0 Å². The summed E-state index contributed by atoms with van der Waals surface area (Å²) in [6.45, 7) is 9.87. The number of anilines is 1. The summed E-state index contributed by atoms with van der Waals surface area (Å²) in [7, 11) is 1.54. The lowest BCUT2D eigenvalue weighted by Gasteiger charge is -2.37. The van der Waals surface area contributed by atoms with E-state index in [1.807, 2.05) is 19.1 Å². The number of phenols is 1. The van der Waals surface area contributed by atoms with Gasteiger partial charge < -0.3 is 24.6 Å². The normalized spacial score (nSPS) is 18.2. The second kappa shape index (κ2) is 7.93. The quantitative estimate of drug-likeness (QED) is 0.480. The van der Waals surface area contributed by atoms with Crippen molar-refractivity contribution in [3.8, 4) is 28.4 Å². The molecule has 2 heterocycles. The van der Waals surface area contributed by atoms with Gasteiger partial charge in [0.25, 0.3) is 0 Å². The molecule has 0 fully saturated rings. The van der Waals surface area contributed by atoms with Gasteiger partial charge in [-0.1, -0.05) is 12.1 Å². The molecule has 4 rings (SSSR count). The molecule has 0 amide bonds. The smallest absolute Gasteiger partial charge is 0.302 e. The largest absolute Gasteiger partial charge is 0.504 e. The highest BCUT2D eigenvalue weighted by Crippen LogP contribution is 2.54. The second-order valence-corrected chi connectivity index (χ2v) is 8.95. The van der Waals surface area contributed by atoms with Crippen molar-refractivity contribution < 1.29 is 24.1 Å². The summed E-state index contributed by atoms with van der Waals surface area (Å²) in [5.41, 5.74) is 6.59. The van der Waals surface area contributed by atoms with Crippen LogP contribution in [0.2, 0.25) is 0 Å². The van der Waals surface area contributed by atoms with Crippen molar-refractivity contribution in [1.82, 2.24) is 0 Å². The van der Waals surface area contributed by atoms with E-state index in [0.29, 0.717) is 11.5 Å². The molecule has 2 aliphatic heterocycles. The Kier molecular flexibility index (Phi) is 5.41. The van der Waals surface area contributed by atoms with Gasteiger partial charge in [0, 0.05) is 23.7 Å². The summed E-state index contributed by atoms with van der Waals surface area (Å²) >= 11 is 0. The molecular weight excluding hydrogens is 406 g/mol. The molecule has 6 heteroatoms. The number of ether oxygens (including phenoxy) is 3. The Bertz CT molecular complexity index is 1160. The van der Waals surface area contributed by atoms with E-state index in [4.69, 9.17) is 14.2 Å². The Morgan fingerprint density at radius 3 is 2.66 bits per heavy atom. The number of carbonyl (C=O) groups is 1. The van der Waals surface area contributed by atoms with Crippen molar-refractivity contribution in [3.05, 3.63) is 53.1 Å². The first-order valence-corrected chi connectivity index (χ1v) is 10.6. The van der Waals surface area contributed by atoms with E-state index in [9.17, 15) is 9.90 Å². The summed E-state index contributed by atoms with van der Waals surface area (Å²) < 4.78 is 17.2. The fourth-order valence-electron chi connectivity index (χ4n) is 4.61. The minimum Gasteiger partial charge on any atom is -0.504 e. The fraction of sp³-hybridized carbons (Fsp3) is 0.346. The molecule has 2 aromatic carbocycles. The maximum atomic E-state index is 11.3. The van der Waals surface area contributed by atoms with E-state index in [2.05, 4.69) is 38.2 Å². The predicted molar refractivity (Wildman–Crippen MR) is 125 cm³/mol. The summed E-state index contributed by atoms with van der Waals surface area (Å²) in [6.07, 6.45) is 3.79. The number of nitrogens with one attached hydrogen (secondary N) is 1. The minimum atomic E-state index is -0.399. The molecule has 168 valence electrons. The minimum absolute atomic E-state index is 0.0603. The van der Waals surface area contributed by atoms with Crippen LogP contribution in [0.15, 0.2) is 42.0 Å². The van der Waals surface area contributed by atoms with E-state index in [0.717, 1.165) is 39.1 Å². The molecule has 0 aromatic heterocycles. The van der Waals surface area contributed by atoms with Crippen LogP contribution < -0.4 is 14.8 Å². The van der Waals surface area contributed by atoms with Crippen molar-refractivity contribution in [2.45, 2.75) is 46.3 Å². The first-order chi connectivity index (χ1) is 15.1. The highest BCUT2D eigenvalue weighted by Gasteiger charge is 2.35. The third kappa shape index (κ3) is 3.81. The first kappa shape index (κ1) is 21.8. The van der Waals surface area contributed by atoms with Crippen LogP contribution in [0.1, 0.15) is 51.8 Å². The van der Waals surface area contributed by atoms with Gasteiger partial charge in [-0.05, 0) is 68.7 Å². The van der Waals surface area contributed by atoms with E-state index < -0.39 is 6.10 Å². The van der Waals surface area contributed by atoms with Crippen molar-refractivity contribution in [2.24, 2.45) is 0 Å². The zero-order chi connectivity index (χ0) is 23.2. The molecule has 0 spiro atoms. The van der Waals surface area contributed by atoms with Gasteiger partial charge in [0.2, 0.25) is 0 Å². The van der Waals surface area contributed by atoms with Gasteiger partial charge >= 0.3 is 5.97 Å². The number of hydrogen-bond acceptors (Lipinski definition) is 6. The third-order valence-corrected chi connectivity index (χ3v) is 5.72. The standard InChI is InChI=1S/C26H29NO5/c1-14(13-31-16(3)28)11-21-23-17(24-20(32-21)10-9-19(29)25(24)30-6)7-8-18-22(23)15(2)12-26(4,5)27-18/h7-12,21,27,29H,13H2,1-6H3. The summed E-state index contributed by atoms with van der Waals surface area (Å²) in [5, 5.41) is 14.0. The molecule has 1 unspecified atom stereocenters. The van der Waals surface area contributed by atoms with E-state index in [1.54, 1.807) is 12.1 Å². The first-order valence-electron chi connectivity index (χ1n) is 10.6. The lowest BCUT2D eigenvalue weighted by molar-refractivity contribution is -0.139. The van der Waals surface area contributed by atoms with Crippen LogP contribution in [0.5, 0.6) is 17.2 Å². The zero-order valence-electron chi connectivity index (χ0n) is 19.3. The van der Waals surface area contributed by atoms with E-state index >= 15 is 0 Å². The second-order valence-electron chi connectivity index (χ2n) is 8.95. The Morgan fingerprint density at radius 1 is 1.22 bits per heavy atom. The molecule has 1 atom stereocenters. The van der Waals surface area contributed by atoms with E-state index in [-0.39, 0.29) is 23.9 Å². The van der Waals surface area contributed by atoms with Crippen molar-refractivity contribution in [1.29, 1.82) is 0 Å². The average Bonchev–Trinajstić information content (AvgIpc) is 2.71. The highest BCUT2D eigenvalue weighted by atomic mass is 16.5. The molecule has 0 saturated heterocycles. The van der Waals surface area contributed by atoms with Crippen LogP contribution in [-0.2, 0) is 9.53 Å². The molecule has 0 bridgehead atoms. The Morgan fingerprint density at radius 2 is 1.97 bits per heavy atom. The molecule has 0 radical (unpaired) electrons. The number of aromatic hydroxyl groups is 1. The van der Waals surface area contributed by atoms with Crippen LogP contribution in [0.25, 0.3) is 16.7 Å². The number of methoxy groups -OCH3 is 1. The third-order valence-electron chi connectivity index (χ3n) is 5.72. The SMILES string of the molecule is COc1c(O)ccc2c1-c1ccc3c(c1C(C=C(C)COC(C)=O)O2)C(C)=CC(C)(C)N3. The molecular formula is C26H29NO5. The number of rotatable bonds is 4. The monoisotopic (exact) mass is 435 g/mol. The average molecular weight is 436 g/mol. The summed E-state index contributed by atoms with van der Waals surface area (Å²) in [4.78, 5) is 11.3. The topological polar surface area (TPSA) is 77.0 Å². The van der Waals surface area contributed by atoms with Gasteiger partial charge in [-0.3, -0.25) is 4.79 Å². The molecule has 0 saturated carbocycles. The van der Waals surface area contributed by atoms with Crippen molar-refractivity contribution in [2.75, 3.05) is 19.0 Å². The van der Waals surface area contributed by atoms with Crippen LogP contribution in [0.3, 0.4) is 0 Å². The molecule has 6 nitrogen and oxygen atoms in total. The van der Waals surface area contributed by atoms with Crippen molar-refractivity contribution >= 4 is 17.2 Å². The predicted octanol–water partition coefficient (Wildman–Crippen LogP) is 5.62. The molecule has 0 aliphatic carbocycles. The Balaban J connectivity index is 1.95. The summed E-state index contributed by atoms with van der Waals surface area (Å²) in [5.74, 6) is 0.744. The fourth-order valence-corrected chi connectivity index (χ4v) is 4.61. The summed E-state index contributed by atoms with van der Waals surface area (Å²) in [6, 6.07) is 7.43. The van der Waals surface area contributed by atoms with Gasteiger partial charge in [0.05, 0.1) is 18.2 Å². The number of benzene rings is 2. The Hall–Kier alpha value is -3.41. The maximum absolute atomic E-state index is 11.3. The number of fused-ring (bicyclic) bond motifs is 5. The number of allylic oxidation sites excluding steroid dienone is 1. The number of carbonyl (C=O) groups excluding carboxylic acids is 1. The van der Waals surface area contributed by atoms with Gasteiger partial charge in [-0.15, -0.1) is 0 Å². The highest BCUT2D eigenvalue weighted by molar-refractivity contribution is 5.92. The van der Waals surface area contributed by atoms with Gasteiger partial charge in [0.15, 0.2) is 11.5 Å². The molecule has 2 aliphatic rings. The van der Waals surface area contributed by atoms with Crippen LogP contribution in [-0.4, -0.2) is 30.3 Å². The zero-order valence-corrected chi connectivity index (χ0v) is 19.3. The lowest BCUT2D eigenvalue weighted by atomic mass is 9.81. The number of phenolic OH excluding ortho intramolecular Hbond substituents is 1. The molecule has 2 aromatic rings. The lowest BCUT2D eigenvalue weighted by Crippen LogP contribution is -2.32. The van der Waals surface area contributed by atoms with Gasteiger partial charge in [-0.2, -0.15) is 0 Å². The number of esters is 1. The van der Waals surface area contributed by atoms with Crippen LogP contribution >= 0.6 is 0 Å². The van der Waals surface area contributed by atoms with Gasteiger partial charge in [-0.25, -0.2) is 0 Å². The number of hydrogen-bond donors (Lipinski definition) is 2. The molecule has 32 heavy (non-hydrogen) atoms. The van der Waals surface area contributed by atoms with Gasteiger partial charge in [0.1, 0.15) is 18.5 Å². The Labute approximate surface area is 188 Å².